The monoisotopic (exact) mass is 431 g/mol. The highest BCUT2D eigenvalue weighted by Crippen LogP contribution is 2.12. The van der Waals surface area contributed by atoms with Gasteiger partial charge in [-0.2, -0.15) is 0 Å². The van der Waals surface area contributed by atoms with Crippen LogP contribution < -0.4 is 0 Å². The Kier molecular flexibility index (Phi) is 14.9. The Morgan fingerprint density at radius 3 is 1.67 bits per heavy atom. The normalized spacial score (nSPS) is 17.8. The number of ketones is 1. The molecule has 1 fully saturated rings. The summed E-state index contributed by atoms with van der Waals surface area (Å²) in [5, 5.41) is 25.2. The van der Waals surface area contributed by atoms with Gasteiger partial charge in [0.15, 0.2) is 0 Å². The van der Waals surface area contributed by atoms with E-state index in [9.17, 15) is 19.2 Å². The predicted molar refractivity (Wildman–Crippen MR) is 111 cm³/mol. The molecule has 0 aromatic rings. The Bertz CT molecular complexity index is 514. The highest BCUT2D eigenvalue weighted by Gasteiger charge is 2.23. The van der Waals surface area contributed by atoms with E-state index in [1.807, 2.05) is 18.7 Å². The summed E-state index contributed by atoms with van der Waals surface area (Å²) in [5.74, 6) is -1.71. The van der Waals surface area contributed by atoms with E-state index < -0.39 is 11.9 Å². The molecule has 10 heteroatoms. The van der Waals surface area contributed by atoms with Gasteiger partial charge >= 0.3 is 11.9 Å². The van der Waals surface area contributed by atoms with Crippen LogP contribution in [0.5, 0.6) is 0 Å². The van der Waals surface area contributed by atoms with Gasteiger partial charge < -0.3 is 20.1 Å². The summed E-state index contributed by atoms with van der Waals surface area (Å²) in [4.78, 5) is 51.2. The fourth-order valence-corrected chi connectivity index (χ4v) is 3.30. The number of carbonyl (C=O) groups is 4. The molecule has 1 heterocycles. The maximum atomic E-state index is 11.8. The van der Waals surface area contributed by atoms with E-state index in [-0.39, 0.29) is 30.8 Å². The molecule has 0 radical (unpaired) electrons. The number of carboxylic acids is 2. The van der Waals surface area contributed by atoms with Gasteiger partial charge in [0.25, 0.3) is 0 Å². The second-order valence-electron chi connectivity index (χ2n) is 7.59. The van der Waals surface area contributed by atoms with Gasteiger partial charge in [-0.1, -0.05) is 13.8 Å². The third kappa shape index (κ3) is 12.0. The topological polar surface area (TPSA) is 139 Å². The summed E-state index contributed by atoms with van der Waals surface area (Å²) in [6.45, 7) is 6.41. The zero-order chi connectivity index (χ0) is 23.1. The summed E-state index contributed by atoms with van der Waals surface area (Å²) in [5.41, 5.74) is 0. The Labute approximate surface area is 178 Å². The molecular weight excluding hydrogens is 394 g/mol. The molecule has 0 spiro atoms. The minimum Gasteiger partial charge on any atom is -0.480 e. The molecule has 1 unspecified atom stereocenters. The third-order valence-electron chi connectivity index (χ3n) is 5.05. The number of aliphatic carboxylic acids is 2. The van der Waals surface area contributed by atoms with Crippen LogP contribution in [0.3, 0.4) is 0 Å². The van der Waals surface area contributed by atoms with Crippen LogP contribution >= 0.6 is 0 Å². The van der Waals surface area contributed by atoms with E-state index in [0.717, 1.165) is 13.4 Å². The van der Waals surface area contributed by atoms with Gasteiger partial charge in [0.1, 0.15) is 12.1 Å². The van der Waals surface area contributed by atoms with Gasteiger partial charge in [0.2, 0.25) is 0 Å². The van der Waals surface area contributed by atoms with Crippen LogP contribution in [0, 0.1) is 5.92 Å². The average molecular weight is 432 g/mol. The number of rotatable bonds is 11. The summed E-state index contributed by atoms with van der Waals surface area (Å²) in [6.07, 6.45) is 2.49. The van der Waals surface area contributed by atoms with Gasteiger partial charge in [-0.15, -0.1) is 0 Å². The van der Waals surface area contributed by atoms with Crippen LogP contribution in [0.25, 0.3) is 0 Å². The Hall–Kier alpha value is -1.88. The van der Waals surface area contributed by atoms with E-state index in [0.29, 0.717) is 58.5 Å². The highest BCUT2D eigenvalue weighted by molar-refractivity contribution is 5.80. The zero-order valence-electron chi connectivity index (χ0n) is 18.3. The standard InChI is InChI=1S/C19H33N3O6.CH4O/c1-15(2)17(24)5-3-4-16(14-23)22-10-8-20(12-18(25)26)6-7-21(9-11-22)13-19(27)28;1-2/h14-16H,3-13H2,1-2H3,(H,25,26)(H,27,28);2H,1H3. The molecule has 174 valence electrons. The average Bonchev–Trinajstić information content (AvgIpc) is 2.78. The second-order valence-corrected chi connectivity index (χ2v) is 7.59. The van der Waals surface area contributed by atoms with E-state index in [2.05, 4.69) is 0 Å². The molecule has 1 saturated heterocycles. The zero-order valence-corrected chi connectivity index (χ0v) is 18.3. The van der Waals surface area contributed by atoms with Crippen molar-refractivity contribution in [2.75, 3.05) is 59.5 Å². The molecule has 1 atom stereocenters. The van der Waals surface area contributed by atoms with Crippen molar-refractivity contribution >= 4 is 24.0 Å². The molecule has 1 aliphatic rings. The minimum absolute atomic E-state index is 0.0194. The van der Waals surface area contributed by atoms with Crippen LogP contribution in [0.4, 0.5) is 0 Å². The lowest BCUT2D eigenvalue weighted by atomic mass is 10.0. The fraction of sp³-hybridized carbons (Fsp3) is 0.800. The molecule has 0 aliphatic carbocycles. The lowest BCUT2D eigenvalue weighted by Gasteiger charge is -2.30. The number of hydrogen-bond acceptors (Lipinski definition) is 8. The quantitative estimate of drug-likeness (QED) is 0.372. The number of aliphatic hydroxyl groups excluding tert-OH is 1. The van der Waals surface area contributed by atoms with E-state index >= 15 is 0 Å². The molecule has 0 aromatic carbocycles. The van der Waals surface area contributed by atoms with Gasteiger partial charge in [-0.05, 0) is 12.8 Å². The smallest absolute Gasteiger partial charge is 0.317 e. The van der Waals surface area contributed by atoms with Crippen LogP contribution in [0.1, 0.15) is 33.1 Å². The summed E-state index contributed by atoms with van der Waals surface area (Å²) in [7, 11) is 1.00. The van der Waals surface area contributed by atoms with Crippen LogP contribution in [0.15, 0.2) is 0 Å². The van der Waals surface area contributed by atoms with Gasteiger partial charge in [-0.3, -0.25) is 29.1 Å². The predicted octanol–water partition coefficient (Wildman–Crippen LogP) is -0.353. The molecule has 0 saturated carbocycles. The lowest BCUT2D eigenvalue weighted by Crippen LogP contribution is -2.44. The van der Waals surface area contributed by atoms with Gasteiger partial charge in [-0.25, -0.2) is 0 Å². The maximum Gasteiger partial charge on any atom is 0.317 e. The van der Waals surface area contributed by atoms with E-state index in [1.165, 1.54) is 0 Å². The second kappa shape index (κ2) is 15.9. The van der Waals surface area contributed by atoms with Crippen LogP contribution in [0.2, 0.25) is 0 Å². The number of carbonyl (C=O) groups excluding carboxylic acids is 2. The molecule has 3 N–H and O–H groups in total. The van der Waals surface area contributed by atoms with Crippen molar-refractivity contribution in [3.05, 3.63) is 0 Å². The van der Waals surface area contributed by atoms with Crippen molar-refractivity contribution in [2.45, 2.75) is 39.2 Å². The Morgan fingerprint density at radius 1 is 0.867 bits per heavy atom. The third-order valence-corrected chi connectivity index (χ3v) is 5.05. The summed E-state index contributed by atoms with van der Waals surface area (Å²) < 4.78 is 0. The molecule has 0 amide bonds. The van der Waals surface area contributed by atoms with Crippen molar-refractivity contribution in [1.82, 2.24) is 14.7 Å². The van der Waals surface area contributed by atoms with Crippen molar-refractivity contribution in [2.24, 2.45) is 5.92 Å². The van der Waals surface area contributed by atoms with Crippen LogP contribution in [-0.4, -0.2) is 120 Å². The first-order valence-corrected chi connectivity index (χ1v) is 10.3. The van der Waals surface area contributed by atoms with Crippen molar-refractivity contribution < 1.29 is 34.5 Å². The molecular formula is C20H37N3O7. The number of carboxylic acid groups (broad SMARTS) is 2. The minimum atomic E-state index is -0.935. The SMILES string of the molecule is CC(C)C(=O)CCCC(C=O)N1CCN(CC(=O)O)CCN(CC(=O)O)CC1.CO. The fourth-order valence-electron chi connectivity index (χ4n) is 3.30. The Morgan fingerprint density at radius 2 is 1.30 bits per heavy atom. The first-order chi connectivity index (χ1) is 14.2. The molecule has 0 bridgehead atoms. The number of aliphatic hydroxyl groups is 1. The number of hydrogen-bond donors (Lipinski definition) is 3. The largest absolute Gasteiger partial charge is 0.480 e. The summed E-state index contributed by atoms with van der Waals surface area (Å²) >= 11 is 0. The molecule has 1 rings (SSSR count). The molecule has 30 heavy (non-hydrogen) atoms. The summed E-state index contributed by atoms with van der Waals surface area (Å²) in [6, 6.07) is -0.364. The number of Topliss-reactive ketones (excluding diaryl/α,β-unsaturated/α-hetero) is 1. The molecule has 0 aromatic heterocycles. The number of aldehydes is 1. The molecule has 1 aliphatic heterocycles. The van der Waals surface area contributed by atoms with E-state index in [1.54, 1.807) is 9.80 Å². The van der Waals surface area contributed by atoms with Crippen molar-refractivity contribution in [3.8, 4) is 0 Å². The molecule has 10 nitrogen and oxygen atoms in total. The Balaban J connectivity index is 0.00000407. The highest BCUT2D eigenvalue weighted by atomic mass is 16.4. The van der Waals surface area contributed by atoms with Gasteiger partial charge in [0, 0.05) is 58.7 Å². The van der Waals surface area contributed by atoms with Gasteiger partial charge in [0.05, 0.1) is 19.1 Å². The maximum absolute atomic E-state index is 11.8. The first kappa shape index (κ1) is 28.1. The van der Waals surface area contributed by atoms with E-state index in [4.69, 9.17) is 15.3 Å². The lowest BCUT2D eigenvalue weighted by molar-refractivity contribution is -0.140. The van der Waals surface area contributed by atoms with Crippen LogP contribution in [-0.2, 0) is 19.2 Å². The number of nitrogens with zero attached hydrogens (tertiary/aromatic N) is 3. The first-order valence-electron chi connectivity index (χ1n) is 10.3. The van der Waals surface area contributed by atoms with Crippen molar-refractivity contribution in [3.63, 3.8) is 0 Å². The van der Waals surface area contributed by atoms with Crippen molar-refractivity contribution in [1.29, 1.82) is 0 Å².